The minimum absolute atomic E-state index is 0.285. The Hall–Kier alpha value is -1.49. The average molecular weight is 332 g/mol. The third-order valence-electron chi connectivity index (χ3n) is 5.35. The fourth-order valence-corrected chi connectivity index (χ4v) is 3.93. The second-order valence-electron chi connectivity index (χ2n) is 7.89. The highest BCUT2D eigenvalue weighted by atomic mass is 16.3. The molecule has 0 spiro atoms. The molecule has 5 heteroatoms. The molecule has 2 saturated heterocycles. The molecule has 0 radical (unpaired) electrons. The Kier molecular flexibility index (Phi) is 5.49. The van der Waals surface area contributed by atoms with Gasteiger partial charge in [-0.25, -0.2) is 0 Å². The van der Waals surface area contributed by atoms with E-state index in [9.17, 15) is 0 Å². The van der Waals surface area contributed by atoms with Gasteiger partial charge >= 0.3 is 0 Å². The molecule has 1 aromatic heterocycles. The lowest BCUT2D eigenvalue weighted by Crippen LogP contribution is -2.45. The lowest BCUT2D eigenvalue weighted by atomic mass is 9.93. The van der Waals surface area contributed by atoms with E-state index in [2.05, 4.69) is 40.0 Å². The normalized spacial score (nSPS) is 23.5. The highest BCUT2D eigenvalue weighted by Crippen LogP contribution is 2.29. The number of aliphatic imine (C=N–C) groups is 1. The summed E-state index contributed by atoms with van der Waals surface area (Å²) >= 11 is 0. The van der Waals surface area contributed by atoms with Gasteiger partial charge in [-0.3, -0.25) is 9.89 Å². The first kappa shape index (κ1) is 17.3. The molecule has 1 unspecified atom stereocenters. The summed E-state index contributed by atoms with van der Waals surface area (Å²) in [7, 11) is 1.89. The maximum atomic E-state index is 5.74. The van der Waals surface area contributed by atoms with Gasteiger partial charge in [-0.15, -0.1) is 0 Å². The van der Waals surface area contributed by atoms with Gasteiger partial charge in [-0.1, -0.05) is 20.3 Å². The van der Waals surface area contributed by atoms with Crippen molar-refractivity contribution in [3.05, 3.63) is 24.2 Å². The maximum Gasteiger partial charge on any atom is 0.193 e. The van der Waals surface area contributed by atoms with Gasteiger partial charge in [0.2, 0.25) is 0 Å². The first-order chi connectivity index (χ1) is 11.6. The summed E-state index contributed by atoms with van der Waals surface area (Å²) in [6.45, 7) is 9.98. The Labute approximate surface area is 146 Å². The van der Waals surface area contributed by atoms with Crippen LogP contribution in [-0.4, -0.2) is 55.5 Å². The molecular formula is C19H32N4O. The molecule has 134 valence electrons. The lowest BCUT2D eigenvalue weighted by Gasteiger charge is -2.34. The molecule has 2 fully saturated rings. The van der Waals surface area contributed by atoms with Gasteiger partial charge in [0.15, 0.2) is 5.96 Å². The fourth-order valence-electron chi connectivity index (χ4n) is 3.93. The van der Waals surface area contributed by atoms with Gasteiger partial charge in [-0.2, -0.15) is 0 Å². The van der Waals surface area contributed by atoms with Crippen molar-refractivity contribution in [2.24, 2.45) is 10.4 Å². The van der Waals surface area contributed by atoms with E-state index < -0.39 is 0 Å². The molecule has 1 aromatic rings. The van der Waals surface area contributed by atoms with E-state index in [1.54, 1.807) is 6.26 Å². The minimum atomic E-state index is 0.285. The quantitative estimate of drug-likeness (QED) is 0.680. The van der Waals surface area contributed by atoms with Crippen LogP contribution >= 0.6 is 0 Å². The van der Waals surface area contributed by atoms with Crippen LogP contribution in [0.2, 0.25) is 0 Å². The van der Waals surface area contributed by atoms with Crippen LogP contribution in [0.4, 0.5) is 0 Å². The molecule has 0 amide bonds. The maximum absolute atomic E-state index is 5.74. The summed E-state index contributed by atoms with van der Waals surface area (Å²) in [5, 5.41) is 3.61. The minimum Gasteiger partial charge on any atom is -0.468 e. The Bertz CT molecular complexity index is 532. The van der Waals surface area contributed by atoms with Crippen LogP contribution < -0.4 is 5.32 Å². The largest absolute Gasteiger partial charge is 0.468 e. The summed E-state index contributed by atoms with van der Waals surface area (Å²) in [6, 6.07) is 4.37. The molecule has 2 aliphatic rings. The molecule has 0 bridgehead atoms. The van der Waals surface area contributed by atoms with E-state index in [1.807, 2.05) is 13.1 Å². The molecule has 5 nitrogen and oxygen atoms in total. The van der Waals surface area contributed by atoms with E-state index in [0.717, 1.165) is 44.4 Å². The molecular weight excluding hydrogens is 300 g/mol. The topological polar surface area (TPSA) is 44.0 Å². The Morgan fingerprint density at radius 3 is 2.67 bits per heavy atom. The zero-order valence-electron chi connectivity index (χ0n) is 15.4. The molecule has 3 rings (SSSR count). The standard InChI is InChI=1S/C19H32N4O/c1-19(2)9-12-23(15-19)18(20-3)21-14-16(17-8-7-13-24-17)22-10-5-4-6-11-22/h7-8,13,16H,4-6,9-12,14-15H2,1-3H3,(H,20,21). The van der Waals surface area contributed by atoms with Crippen molar-refractivity contribution in [2.75, 3.05) is 39.8 Å². The van der Waals surface area contributed by atoms with E-state index >= 15 is 0 Å². The van der Waals surface area contributed by atoms with E-state index in [0.29, 0.717) is 5.41 Å². The van der Waals surface area contributed by atoms with Crippen LogP contribution in [0.5, 0.6) is 0 Å². The Morgan fingerprint density at radius 2 is 2.08 bits per heavy atom. The van der Waals surface area contributed by atoms with Crippen LogP contribution in [0.3, 0.4) is 0 Å². The number of nitrogens with one attached hydrogen (secondary N) is 1. The number of rotatable bonds is 4. The lowest BCUT2D eigenvalue weighted by molar-refractivity contribution is 0.146. The van der Waals surface area contributed by atoms with Crippen LogP contribution in [0.15, 0.2) is 27.8 Å². The Morgan fingerprint density at radius 1 is 1.29 bits per heavy atom. The van der Waals surface area contributed by atoms with Crippen molar-refractivity contribution in [1.29, 1.82) is 0 Å². The van der Waals surface area contributed by atoms with Crippen LogP contribution in [-0.2, 0) is 0 Å². The predicted molar refractivity (Wildman–Crippen MR) is 98.2 cm³/mol. The third-order valence-corrected chi connectivity index (χ3v) is 5.35. The van der Waals surface area contributed by atoms with Crippen LogP contribution in [0, 0.1) is 5.41 Å². The van der Waals surface area contributed by atoms with Gasteiger partial charge < -0.3 is 14.6 Å². The summed E-state index contributed by atoms with van der Waals surface area (Å²) in [5.41, 5.74) is 0.380. The van der Waals surface area contributed by atoms with Crippen molar-refractivity contribution in [2.45, 2.75) is 45.6 Å². The zero-order chi connectivity index (χ0) is 17.0. The number of guanidine groups is 1. The van der Waals surface area contributed by atoms with E-state index in [4.69, 9.17) is 4.42 Å². The number of furan rings is 1. The van der Waals surface area contributed by atoms with Gasteiger partial charge in [-0.05, 0) is 49.9 Å². The molecule has 3 heterocycles. The van der Waals surface area contributed by atoms with Crippen molar-refractivity contribution < 1.29 is 4.42 Å². The molecule has 24 heavy (non-hydrogen) atoms. The average Bonchev–Trinajstić information content (AvgIpc) is 3.22. The number of hydrogen-bond donors (Lipinski definition) is 1. The van der Waals surface area contributed by atoms with Crippen LogP contribution in [0.1, 0.15) is 51.3 Å². The summed E-state index contributed by atoms with van der Waals surface area (Å²) < 4.78 is 5.74. The molecule has 1 N–H and O–H groups in total. The number of hydrogen-bond acceptors (Lipinski definition) is 3. The molecule has 2 aliphatic heterocycles. The second kappa shape index (κ2) is 7.60. The third kappa shape index (κ3) is 4.12. The highest BCUT2D eigenvalue weighted by Gasteiger charge is 2.31. The number of likely N-dealkylation sites (tertiary alicyclic amines) is 2. The number of nitrogens with zero attached hydrogens (tertiary/aromatic N) is 3. The summed E-state index contributed by atoms with van der Waals surface area (Å²) in [4.78, 5) is 9.45. The van der Waals surface area contributed by atoms with E-state index in [-0.39, 0.29) is 6.04 Å². The van der Waals surface area contributed by atoms with Crippen LogP contribution in [0.25, 0.3) is 0 Å². The highest BCUT2D eigenvalue weighted by molar-refractivity contribution is 5.80. The first-order valence-corrected chi connectivity index (χ1v) is 9.32. The molecule has 0 saturated carbocycles. The first-order valence-electron chi connectivity index (χ1n) is 9.32. The SMILES string of the molecule is CN=C(NCC(c1ccco1)N1CCCCC1)N1CCC(C)(C)C1. The zero-order valence-corrected chi connectivity index (χ0v) is 15.4. The smallest absolute Gasteiger partial charge is 0.193 e. The second-order valence-corrected chi connectivity index (χ2v) is 7.89. The molecule has 0 aromatic carbocycles. The Balaban J connectivity index is 1.64. The van der Waals surface area contributed by atoms with Crippen molar-refractivity contribution >= 4 is 5.96 Å². The van der Waals surface area contributed by atoms with Crippen molar-refractivity contribution in [3.8, 4) is 0 Å². The van der Waals surface area contributed by atoms with Gasteiger partial charge in [0.25, 0.3) is 0 Å². The van der Waals surface area contributed by atoms with Gasteiger partial charge in [0.05, 0.1) is 12.3 Å². The summed E-state index contributed by atoms with van der Waals surface area (Å²) in [6.07, 6.45) is 6.92. The monoisotopic (exact) mass is 332 g/mol. The molecule has 1 atom stereocenters. The van der Waals surface area contributed by atoms with E-state index in [1.165, 1.54) is 25.7 Å². The number of piperidine rings is 1. The van der Waals surface area contributed by atoms with Gasteiger partial charge in [0.1, 0.15) is 5.76 Å². The molecule has 0 aliphatic carbocycles. The van der Waals surface area contributed by atoms with Crippen molar-refractivity contribution in [3.63, 3.8) is 0 Å². The van der Waals surface area contributed by atoms with Gasteiger partial charge in [0, 0.05) is 26.7 Å². The summed E-state index contributed by atoms with van der Waals surface area (Å²) in [5.74, 6) is 2.08. The fraction of sp³-hybridized carbons (Fsp3) is 0.737. The predicted octanol–water partition coefficient (Wildman–Crippen LogP) is 3.11. The van der Waals surface area contributed by atoms with Crippen molar-refractivity contribution in [1.82, 2.24) is 15.1 Å².